The van der Waals surface area contributed by atoms with E-state index >= 15 is 0 Å². The average molecular weight is 294 g/mol. The van der Waals surface area contributed by atoms with Gasteiger partial charge in [0.2, 0.25) is 0 Å². The summed E-state index contributed by atoms with van der Waals surface area (Å²) >= 11 is 1.50. The molecule has 0 fully saturated rings. The molecule has 1 heterocycles. The van der Waals surface area contributed by atoms with Crippen molar-refractivity contribution < 1.29 is 9.53 Å². The first-order chi connectivity index (χ1) is 9.72. The Kier molecular flexibility index (Phi) is 7.65. The fraction of sp³-hybridized carbons (Fsp3) is 0.467. The molecule has 20 heavy (non-hydrogen) atoms. The van der Waals surface area contributed by atoms with Gasteiger partial charge in [-0.3, -0.25) is 0 Å². The highest BCUT2D eigenvalue weighted by molar-refractivity contribution is 7.13. The molecule has 0 spiro atoms. The van der Waals surface area contributed by atoms with Gasteiger partial charge in [0.05, 0.1) is 11.3 Å². The normalized spacial score (nSPS) is 11.2. The maximum atomic E-state index is 11.8. The van der Waals surface area contributed by atoms with E-state index in [9.17, 15) is 4.79 Å². The minimum Gasteiger partial charge on any atom is -0.458 e. The number of nitrogens with one attached hydrogen (secondary N) is 1. The fourth-order valence-electron chi connectivity index (χ4n) is 1.63. The third kappa shape index (κ3) is 5.17. The Bertz CT molecular complexity index is 466. The van der Waals surface area contributed by atoms with E-state index in [4.69, 9.17) is 4.74 Å². The number of hydrogen-bond acceptors (Lipinski definition) is 5. The number of aromatic nitrogens is 1. The van der Waals surface area contributed by atoms with Crippen molar-refractivity contribution >= 4 is 28.0 Å². The summed E-state index contributed by atoms with van der Waals surface area (Å²) in [4.78, 5) is 16.3. The van der Waals surface area contributed by atoms with Crippen molar-refractivity contribution in [2.75, 3.05) is 18.5 Å². The molecule has 0 amide bonds. The molecule has 110 valence electrons. The summed E-state index contributed by atoms with van der Waals surface area (Å²) in [5, 5.41) is 5.98. The van der Waals surface area contributed by atoms with Crippen LogP contribution in [0.4, 0.5) is 5.13 Å². The Morgan fingerprint density at radius 3 is 3.00 bits per heavy atom. The van der Waals surface area contributed by atoms with E-state index < -0.39 is 0 Å². The first kappa shape index (κ1) is 16.4. The number of rotatable bonds is 9. The molecule has 0 saturated carbocycles. The summed E-state index contributed by atoms with van der Waals surface area (Å²) in [5.41, 5.74) is 1.15. The number of anilines is 1. The van der Waals surface area contributed by atoms with Gasteiger partial charge in [-0.2, -0.15) is 0 Å². The maximum Gasteiger partial charge on any atom is 0.340 e. The molecule has 4 nitrogen and oxygen atoms in total. The molecule has 1 N–H and O–H groups in total. The predicted octanol–water partition coefficient (Wildman–Crippen LogP) is 3.88. The van der Waals surface area contributed by atoms with Crippen molar-refractivity contribution in [1.29, 1.82) is 0 Å². The van der Waals surface area contributed by atoms with Crippen molar-refractivity contribution in [3.8, 4) is 0 Å². The van der Waals surface area contributed by atoms with E-state index in [-0.39, 0.29) is 12.6 Å². The average Bonchev–Trinajstić information content (AvgIpc) is 2.91. The van der Waals surface area contributed by atoms with E-state index in [0.717, 1.165) is 18.1 Å². The van der Waals surface area contributed by atoms with Gasteiger partial charge in [0.15, 0.2) is 5.13 Å². The van der Waals surface area contributed by atoms with Crippen LogP contribution in [0, 0.1) is 0 Å². The van der Waals surface area contributed by atoms with E-state index in [0.29, 0.717) is 11.3 Å². The minimum atomic E-state index is -0.366. The van der Waals surface area contributed by atoms with Crippen LogP contribution in [-0.2, 0) is 9.53 Å². The quantitative estimate of drug-likeness (QED) is 0.325. The number of carbonyl (C=O) groups excluding carboxylic acids is 1. The standard InChI is InChI=1S/C15H22N2O2S/c1-4-7-8-9-16-15-17-13(11-20-15)12(6-3)14(18)19-10-5-2/h5-6,11H,2,4,7-10H2,1,3H3,(H,16,17). The molecule has 1 rings (SSSR count). The van der Waals surface area contributed by atoms with Crippen molar-refractivity contribution in [3.63, 3.8) is 0 Å². The second kappa shape index (κ2) is 9.31. The number of carbonyl (C=O) groups is 1. The summed E-state index contributed by atoms with van der Waals surface area (Å²) in [7, 11) is 0. The first-order valence-corrected chi connectivity index (χ1v) is 7.75. The molecule has 1 aromatic rings. The van der Waals surface area contributed by atoms with Gasteiger partial charge < -0.3 is 10.1 Å². The highest BCUT2D eigenvalue weighted by atomic mass is 32.1. The number of nitrogens with zero attached hydrogens (tertiary/aromatic N) is 1. The van der Waals surface area contributed by atoms with E-state index in [1.54, 1.807) is 19.1 Å². The smallest absolute Gasteiger partial charge is 0.340 e. The topological polar surface area (TPSA) is 51.2 Å². The first-order valence-electron chi connectivity index (χ1n) is 6.87. The summed E-state index contributed by atoms with van der Waals surface area (Å²) < 4.78 is 5.04. The van der Waals surface area contributed by atoms with Gasteiger partial charge in [0, 0.05) is 11.9 Å². The lowest BCUT2D eigenvalue weighted by molar-refractivity contribution is -0.135. The molecule has 0 radical (unpaired) electrons. The van der Waals surface area contributed by atoms with Gasteiger partial charge in [-0.1, -0.05) is 38.5 Å². The SMILES string of the molecule is C=CCOC(=O)C(=CC)c1csc(NCCCCC)n1. The third-order valence-electron chi connectivity index (χ3n) is 2.68. The highest BCUT2D eigenvalue weighted by Gasteiger charge is 2.15. The number of esters is 1. The van der Waals surface area contributed by atoms with E-state index in [1.807, 2.05) is 5.38 Å². The lowest BCUT2D eigenvalue weighted by Gasteiger charge is -2.04. The monoisotopic (exact) mass is 294 g/mol. The molecule has 0 bridgehead atoms. The Balaban J connectivity index is 2.59. The van der Waals surface area contributed by atoms with Crippen LogP contribution in [-0.4, -0.2) is 24.1 Å². The van der Waals surface area contributed by atoms with Gasteiger partial charge in [0.25, 0.3) is 0 Å². The number of hydrogen-bond donors (Lipinski definition) is 1. The van der Waals surface area contributed by atoms with Gasteiger partial charge >= 0.3 is 5.97 Å². The van der Waals surface area contributed by atoms with Gasteiger partial charge in [-0.05, 0) is 13.3 Å². The number of ether oxygens (including phenoxy) is 1. The molecule has 0 saturated heterocycles. The lowest BCUT2D eigenvalue weighted by Crippen LogP contribution is -2.07. The number of allylic oxidation sites excluding steroid dienone is 1. The van der Waals surface area contributed by atoms with Crippen LogP contribution in [0.2, 0.25) is 0 Å². The van der Waals surface area contributed by atoms with Crippen LogP contribution in [0.3, 0.4) is 0 Å². The molecule has 1 aromatic heterocycles. The molecule has 0 aromatic carbocycles. The molecule has 0 aliphatic rings. The minimum absolute atomic E-state index is 0.211. The largest absolute Gasteiger partial charge is 0.458 e. The van der Waals surface area contributed by atoms with Crippen molar-refractivity contribution in [2.45, 2.75) is 33.1 Å². The Morgan fingerprint density at radius 1 is 1.55 bits per heavy atom. The zero-order valence-electron chi connectivity index (χ0n) is 12.1. The van der Waals surface area contributed by atoms with Crippen LogP contribution >= 0.6 is 11.3 Å². The van der Waals surface area contributed by atoms with Crippen molar-refractivity contribution in [2.24, 2.45) is 0 Å². The maximum absolute atomic E-state index is 11.8. The second-order valence-electron chi connectivity index (χ2n) is 4.26. The molecule has 0 unspecified atom stereocenters. The summed E-state index contributed by atoms with van der Waals surface area (Å²) in [6, 6.07) is 0. The van der Waals surface area contributed by atoms with Gasteiger partial charge in [-0.25, -0.2) is 9.78 Å². The summed E-state index contributed by atoms with van der Waals surface area (Å²) in [6.07, 6.45) is 6.80. The van der Waals surface area contributed by atoms with Crippen LogP contribution in [0.15, 0.2) is 24.1 Å². The van der Waals surface area contributed by atoms with E-state index in [2.05, 4.69) is 23.8 Å². The van der Waals surface area contributed by atoms with Crippen LogP contribution < -0.4 is 5.32 Å². The zero-order valence-corrected chi connectivity index (χ0v) is 13.0. The predicted molar refractivity (Wildman–Crippen MR) is 84.9 cm³/mol. The number of unbranched alkanes of at least 4 members (excludes halogenated alkanes) is 2. The third-order valence-corrected chi connectivity index (χ3v) is 3.48. The number of thiazole rings is 1. The second-order valence-corrected chi connectivity index (χ2v) is 5.12. The van der Waals surface area contributed by atoms with Crippen LogP contribution in [0.25, 0.3) is 5.57 Å². The van der Waals surface area contributed by atoms with Crippen LogP contribution in [0.5, 0.6) is 0 Å². The fourth-order valence-corrected chi connectivity index (χ4v) is 2.37. The summed E-state index contributed by atoms with van der Waals surface area (Å²) in [5.74, 6) is -0.366. The Labute approximate surface area is 124 Å². The van der Waals surface area contributed by atoms with E-state index in [1.165, 1.54) is 24.2 Å². The summed E-state index contributed by atoms with van der Waals surface area (Å²) in [6.45, 7) is 8.62. The van der Waals surface area contributed by atoms with Gasteiger partial charge in [0.1, 0.15) is 6.61 Å². The molecular formula is C15H22N2O2S. The Morgan fingerprint density at radius 2 is 2.35 bits per heavy atom. The molecule has 0 aliphatic heterocycles. The Hall–Kier alpha value is -1.62. The molecule has 5 heteroatoms. The van der Waals surface area contributed by atoms with Crippen LogP contribution in [0.1, 0.15) is 38.8 Å². The highest BCUT2D eigenvalue weighted by Crippen LogP contribution is 2.22. The molecule has 0 atom stereocenters. The van der Waals surface area contributed by atoms with Crippen molar-refractivity contribution in [3.05, 3.63) is 29.8 Å². The lowest BCUT2D eigenvalue weighted by atomic mass is 10.2. The molecular weight excluding hydrogens is 272 g/mol. The zero-order chi connectivity index (χ0) is 14.8. The van der Waals surface area contributed by atoms with Crippen molar-refractivity contribution in [1.82, 2.24) is 4.98 Å². The molecule has 0 aliphatic carbocycles. The van der Waals surface area contributed by atoms with Gasteiger partial charge in [-0.15, -0.1) is 11.3 Å².